The predicted molar refractivity (Wildman–Crippen MR) is 88.8 cm³/mol. The molecule has 8 heteroatoms. The van der Waals surface area contributed by atoms with Crippen LogP contribution in [0, 0.1) is 0 Å². The van der Waals surface area contributed by atoms with Crippen molar-refractivity contribution in [3.8, 4) is 0 Å². The molecule has 0 aliphatic carbocycles. The number of hydrogen-bond donors (Lipinski definition) is 0. The van der Waals surface area contributed by atoms with Gasteiger partial charge in [0.05, 0.1) is 0 Å². The van der Waals surface area contributed by atoms with Crippen LogP contribution in [0.2, 0.25) is 0 Å². The molecule has 0 bridgehead atoms. The van der Waals surface area contributed by atoms with Gasteiger partial charge in [-0.15, -0.1) is 0 Å². The normalized spacial score (nSPS) is 11.4. The number of carbonyl (C=O) groups excluding carboxylic acids is 1. The molecule has 94 valence electrons. The molecule has 1 aromatic rings. The van der Waals surface area contributed by atoms with Crippen LogP contribution in [0.25, 0.3) is 0 Å². The van der Waals surface area contributed by atoms with Gasteiger partial charge in [-0.25, -0.2) is 4.79 Å². The van der Waals surface area contributed by atoms with E-state index >= 15 is 0 Å². The highest BCUT2D eigenvalue weighted by molar-refractivity contribution is 9.40. The van der Waals surface area contributed by atoms with Crippen molar-refractivity contribution in [3.05, 3.63) is 31.1 Å². The molecule has 0 fully saturated rings. The van der Waals surface area contributed by atoms with Crippen molar-refractivity contribution >= 4 is 102 Å². The summed E-state index contributed by atoms with van der Waals surface area (Å²) in [4.78, 5) is 11.5. The molecule has 0 aliphatic rings. The lowest BCUT2D eigenvalue weighted by atomic mass is 10.2. The maximum Gasteiger partial charge on any atom is 0.345 e. The number of hydrogen-bond acceptors (Lipinski definition) is 2. The molecular weight excluding hydrogens is 620 g/mol. The lowest BCUT2D eigenvalue weighted by molar-refractivity contribution is -0.142. The molecular formula is C9H4Br6O2. The molecule has 0 aromatic heterocycles. The minimum atomic E-state index is -1.03. The first kappa shape index (κ1) is 16.6. The van der Waals surface area contributed by atoms with E-state index in [1.807, 2.05) is 12.1 Å². The topological polar surface area (TPSA) is 26.3 Å². The van der Waals surface area contributed by atoms with E-state index in [1.165, 1.54) is 0 Å². The fourth-order valence-corrected chi connectivity index (χ4v) is 2.78. The van der Waals surface area contributed by atoms with E-state index in [0.717, 1.165) is 19.0 Å². The molecule has 17 heavy (non-hydrogen) atoms. The van der Waals surface area contributed by atoms with Gasteiger partial charge in [0.2, 0.25) is 2.14 Å². The van der Waals surface area contributed by atoms with Gasteiger partial charge in [0.25, 0.3) is 0 Å². The van der Waals surface area contributed by atoms with Crippen molar-refractivity contribution in [2.45, 2.75) is 8.75 Å². The maximum absolute atomic E-state index is 11.5. The molecule has 0 N–H and O–H groups in total. The van der Waals surface area contributed by atoms with Gasteiger partial charge in [-0.1, -0.05) is 0 Å². The standard InChI is InChI=1S/C9H4Br6O2/c10-5-1-4(2-6(11)7(5)12)3-17-8(16)9(13,14)15/h1-2H,3H2. The zero-order valence-electron chi connectivity index (χ0n) is 7.95. The second-order valence-corrected chi connectivity index (χ2v) is 12.2. The van der Waals surface area contributed by atoms with Crippen molar-refractivity contribution in [2.75, 3.05) is 0 Å². The maximum atomic E-state index is 11.5. The summed E-state index contributed by atoms with van der Waals surface area (Å²) in [5.74, 6) is -0.451. The second kappa shape index (κ2) is 6.83. The van der Waals surface area contributed by atoms with E-state index in [4.69, 9.17) is 4.74 Å². The van der Waals surface area contributed by atoms with Crippen molar-refractivity contribution in [1.29, 1.82) is 0 Å². The fraction of sp³-hybridized carbons (Fsp3) is 0.222. The molecule has 0 heterocycles. The van der Waals surface area contributed by atoms with Gasteiger partial charge in [-0.2, -0.15) is 0 Å². The summed E-state index contributed by atoms with van der Waals surface area (Å²) < 4.78 is 6.77. The number of halogens is 6. The molecule has 0 radical (unpaired) electrons. The van der Waals surface area contributed by atoms with Gasteiger partial charge in [-0.3, -0.25) is 0 Å². The van der Waals surface area contributed by atoms with E-state index in [-0.39, 0.29) is 6.61 Å². The zero-order chi connectivity index (χ0) is 13.2. The average molecular weight is 624 g/mol. The average Bonchev–Trinajstić information content (AvgIpc) is 2.20. The molecule has 0 unspecified atom stereocenters. The minimum Gasteiger partial charge on any atom is -0.458 e. The molecule has 0 aliphatic heterocycles. The molecule has 2 nitrogen and oxygen atoms in total. The Kier molecular flexibility index (Phi) is 6.68. The number of rotatable bonds is 2. The molecule has 0 saturated carbocycles. The molecule has 0 spiro atoms. The third kappa shape index (κ3) is 5.22. The molecule has 0 amide bonds. The number of esters is 1. The number of ether oxygens (including phenoxy) is 1. The number of benzene rings is 1. The highest BCUT2D eigenvalue weighted by atomic mass is 80.0. The largest absolute Gasteiger partial charge is 0.458 e. The first-order chi connectivity index (χ1) is 7.71. The Hall–Kier alpha value is 1.57. The van der Waals surface area contributed by atoms with Crippen LogP contribution in [0.5, 0.6) is 0 Å². The summed E-state index contributed by atoms with van der Waals surface area (Å²) in [5, 5.41) is 0. The summed E-state index contributed by atoms with van der Waals surface area (Å²) in [6, 6.07) is 3.75. The van der Waals surface area contributed by atoms with Crippen LogP contribution in [0.4, 0.5) is 0 Å². The third-order valence-electron chi connectivity index (χ3n) is 1.64. The Morgan fingerprint density at radius 1 is 1.12 bits per heavy atom. The van der Waals surface area contributed by atoms with Crippen LogP contribution < -0.4 is 0 Å². The number of alkyl halides is 3. The predicted octanol–water partition coefficient (Wildman–Crippen LogP) is 5.86. The van der Waals surface area contributed by atoms with Crippen LogP contribution in [-0.2, 0) is 16.1 Å². The third-order valence-corrected chi connectivity index (χ3v) is 5.79. The molecule has 1 aromatic carbocycles. The molecule has 0 saturated heterocycles. The quantitative estimate of drug-likeness (QED) is 0.235. The van der Waals surface area contributed by atoms with Gasteiger partial charge in [0.15, 0.2) is 0 Å². The Bertz CT molecular complexity index is 417. The monoisotopic (exact) mass is 618 g/mol. The highest BCUT2D eigenvalue weighted by Gasteiger charge is 2.30. The summed E-state index contributed by atoms with van der Waals surface area (Å²) >= 11 is 19.5. The summed E-state index contributed by atoms with van der Waals surface area (Å²) in [5.41, 5.74) is 0.872. The first-order valence-electron chi connectivity index (χ1n) is 4.09. The van der Waals surface area contributed by atoms with E-state index in [2.05, 4.69) is 95.6 Å². The van der Waals surface area contributed by atoms with Crippen LogP contribution in [0.3, 0.4) is 0 Å². The lowest BCUT2D eigenvalue weighted by Crippen LogP contribution is -2.20. The van der Waals surface area contributed by atoms with Crippen molar-refractivity contribution in [2.24, 2.45) is 0 Å². The van der Waals surface area contributed by atoms with Gasteiger partial charge >= 0.3 is 5.97 Å². The SMILES string of the molecule is O=C(OCc1cc(Br)c(Br)c(Br)c1)C(Br)(Br)Br. The van der Waals surface area contributed by atoms with E-state index in [1.54, 1.807) is 0 Å². The second-order valence-electron chi connectivity index (χ2n) is 2.95. The van der Waals surface area contributed by atoms with Gasteiger partial charge in [-0.05, 0) is 113 Å². The van der Waals surface area contributed by atoms with Crippen LogP contribution in [0.1, 0.15) is 5.56 Å². The smallest absolute Gasteiger partial charge is 0.345 e. The minimum absolute atomic E-state index is 0.188. The fourth-order valence-electron chi connectivity index (χ4n) is 0.922. The van der Waals surface area contributed by atoms with Crippen LogP contribution in [-0.4, -0.2) is 8.11 Å². The first-order valence-corrected chi connectivity index (χ1v) is 8.85. The van der Waals surface area contributed by atoms with Gasteiger partial charge in [0, 0.05) is 13.4 Å². The Labute approximate surface area is 149 Å². The highest BCUT2D eigenvalue weighted by Crippen LogP contribution is 2.36. The van der Waals surface area contributed by atoms with Gasteiger partial charge in [0.1, 0.15) is 6.61 Å². The summed E-state index contributed by atoms with van der Waals surface area (Å²) in [6.07, 6.45) is 0. The summed E-state index contributed by atoms with van der Waals surface area (Å²) in [7, 11) is 0. The van der Waals surface area contributed by atoms with Crippen molar-refractivity contribution < 1.29 is 9.53 Å². The van der Waals surface area contributed by atoms with Crippen LogP contribution in [0.15, 0.2) is 25.6 Å². The van der Waals surface area contributed by atoms with E-state index in [0.29, 0.717) is 0 Å². The molecule has 1 rings (SSSR count). The van der Waals surface area contributed by atoms with E-state index < -0.39 is 8.11 Å². The van der Waals surface area contributed by atoms with Crippen molar-refractivity contribution in [1.82, 2.24) is 0 Å². The van der Waals surface area contributed by atoms with Crippen molar-refractivity contribution in [3.63, 3.8) is 0 Å². The Morgan fingerprint density at radius 3 is 2.00 bits per heavy atom. The summed E-state index contributed by atoms with van der Waals surface area (Å²) in [6.45, 7) is 0.188. The number of carbonyl (C=O) groups is 1. The van der Waals surface area contributed by atoms with Gasteiger partial charge < -0.3 is 4.74 Å². The Balaban J connectivity index is 2.74. The lowest BCUT2D eigenvalue weighted by Gasteiger charge is -2.12. The zero-order valence-corrected chi connectivity index (χ0v) is 17.5. The van der Waals surface area contributed by atoms with E-state index in [9.17, 15) is 4.79 Å². The Morgan fingerprint density at radius 2 is 1.59 bits per heavy atom. The molecule has 0 atom stereocenters. The van der Waals surface area contributed by atoms with Crippen LogP contribution >= 0.6 is 95.6 Å².